The Kier molecular flexibility index (Phi) is 5.77. The predicted octanol–water partition coefficient (Wildman–Crippen LogP) is 1.83. The number of hydrogen-bond acceptors (Lipinski definition) is 3. The summed E-state index contributed by atoms with van der Waals surface area (Å²) in [4.78, 5) is 11.8. The van der Waals surface area contributed by atoms with E-state index in [1.165, 1.54) is 12.1 Å². The normalized spacial score (nSPS) is 21.4. The van der Waals surface area contributed by atoms with Crippen molar-refractivity contribution < 1.29 is 19.0 Å². The highest BCUT2D eigenvalue weighted by atomic mass is 19.1. The van der Waals surface area contributed by atoms with Gasteiger partial charge < -0.3 is 20.5 Å². The molecule has 0 fully saturated rings. The number of hydrogen-bond donors (Lipinski definition) is 3. The number of aliphatic hydroxyl groups is 1. The van der Waals surface area contributed by atoms with Gasteiger partial charge in [-0.2, -0.15) is 0 Å². The molecule has 6 heteroatoms. The van der Waals surface area contributed by atoms with Crippen molar-refractivity contribution in [1.82, 2.24) is 10.6 Å². The summed E-state index contributed by atoms with van der Waals surface area (Å²) in [6.07, 6.45) is 4.21. The first kappa shape index (κ1) is 16.3. The standard InChI is InChI=1S/C16H21FN2O3/c1-11(22-15-4-2-3-13(17)8-15)9-18-16(21)19-14-6-5-12(7-14)10-20/h2-6,8,11-12,14,20H,7,9-10H2,1H3,(H2,18,19,21)/t11?,12-,14+/m0/s1. The lowest BCUT2D eigenvalue weighted by molar-refractivity contribution is 0.205. The molecule has 0 heterocycles. The van der Waals surface area contributed by atoms with Gasteiger partial charge in [-0.3, -0.25) is 0 Å². The van der Waals surface area contributed by atoms with Gasteiger partial charge in [0.1, 0.15) is 17.7 Å². The van der Waals surface area contributed by atoms with E-state index in [-0.39, 0.29) is 36.5 Å². The lowest BCUT2D eigenvalue weighted by atomic mass is 10.1. The zero-order valence-electron chi connectivity index (χ0n) is 12.5. The predicted molar refractivity (Wildman–Crippen MR) is 81.1 cm³/mol. The fourth-order valence-electron chi connectivity index (χ4n) is 2.29. The summed E-state index contributed by atoms with van der Waals surface area (Å²) in [6, 6.07) is 5.53. The molecule has 2 amide bonds. The van der Waals surface area contributed by atoms with Gasteiger partial charge in [0.2, 0.25) is 0 Å². The number of aliphatic hydroxyl groups excluding tert-OH is 1. The molecule has 3 atom stereocenters. The Morgan fingerprint density at radius 2 is 2.32 bits per heavy atom. The molecular formula is C16H21FN2O3. The number of amides is 2. The quantitative estimate of drug-likeness (QED) is 0.702. The molecule has 0 aromatic heterocycles. The summed E-state index contributed by atoms with van der Waals surface area (Å²) in [6.45, 7) is 2.19. The highest BCUT2D eigenvalue weighted by Gasteiger charge is 2.19. The summed E-state index contributed by atoms with van der Waals surface area (Å²) in [5.41, 5.74) is 0. The molecule has 0 bridgehead atoms. The third kappa shape index (κ3) is 5.04. The Balaban J connectivity index is 1.69. The van der Waals surface area contributed by atoms with Crippen molar-refractivity contribution in [1.29, 1.82) is 0 Å². The molecule has 1 aromatic carbocycles. The molecule has 0 saturated carbocycles. The number of urea groups is 1. The van der Waals surface area contributed by atoms with Crippen molar-refractivity contribution in [3.05, 3.63) is 42.2 Å². The van der Waals surface area contributed by atoms with Gasteiger partial charge in [-0.05, 0) is 25.5 Å². The molecule has 1 aromatic rings. The van der Waals surface area contributed by atoms with Crippen molar-refractivity contribution in [2.24, 2.45) is 5.92 Å². The van der Waals surface area contributed by atoms with E-state index in [2.05, 4.69) is 10.6 Å². The molecule has 3 N–H and O–H groups in total. The Bertz CT molecular complexity index is 536. The lowest BCUT2D eigenvalue weighted by Crippen LogP contribution is -2.44. The van der Waals surface area contributed by atoms with Crippen molar-refractivity contribution >= 4 is 6.03 Å². The Morgan fingerprint density at radius 1 is 1.50 bits per heavy atom. The topological polar surface area (TPSA) is 70.6 Å². The smallest absolute Gasteiger partial charge is 0.315 e. The van der Waals surface area contributed by atoms with Gasteiger partial charge in [0, 0.05) is 24.6 Å². The molecule has 5 nitrogen and oxygen atoms in total. The molecule has 1 aliphatic rings. The molecule has 0 radical (unpaired) electrons. The molecule has 2 rings (SSSR count). The molecule has 22 heavy (non-hydrogen) atoms. The first-order chi connectivity index (χ1) is 10.6. The van der Waals surface area contributed by atoms with Crippen LogP contribution in [0.25, 0.3) is 0 Å². The van der Waals surface area contributed by atoms with E-state index >= 15 is 0 Å². The van der Waals surface area contributed by atoms with E-state index in [1.54, 1.807) is 19.1 Å². The molecule has 1 aliphatic carbocycles. The largest absolute Gasteiger partial charge is 0.489 e. The minimum Gasteiger partial charge on any atom is -0.489 e. The van der Waals surface area contributed by atoms with E-state index in [9.17, 15) is 9.18 Å². The van der Waals surface area contributed by atoms with Gasteiger partial charge >= 0.3 is 6.03 Å². The van der Waals surface area contributed by atoms with Gasteiger partial charge in [0.15, 0.2) is 0 Å². The minimum absolute atomic E-state index is 0.0587. The van der Waals surface area contributed by atoms with Gasteiger partial charge in [-0.1, -0.05) is 18.2 Å². The van der Waals surface area contributed by atoms with E-state index < -0.39 is 0 Å². The summed E-state index contributed by atoms with van der Waals surface area (Å²) in [5.74, 6) is 0.182. The van der Waals surface area contributed by atoms with Crippen LogP contribution in [-0.4, -0.2) is 36.4 Å². The van der Waals surface area contributed by atoms with Crippen molar-refractivity contribution in [3.63, 3.8) is 0 Å². The molecule has 0 aliphatic heterocycles. The second kappa shape index (κ2) is 7.79. The van der Waals surface area contributed by atoms with Crippen LogP contribution in [0.5, 0.6) is 5.75 Å². The molecule has 1 unspecified atom stereocenters. The van der Waals surface area contributed by atoms with E-state index in [0.717, 1.165) is 0 Å². The average Bonchev–Trinajstić information content (AvgIpc) is 2.93. The Hall–Kier alpha value is -2.08. The SMILES string of the molecule is CC(CNC(=O)N[C@@H]1C=C[C@H](CO)C1)Oc1cccc(F)c1. The number of nitrogens with one attached hydrogen (secondary N) is 2. The van der Waals surface area contributed by atoms with E-state index in [4.69, 9.17) is 9.84 Å². The van der Waals surface area contributed by atoms with Crippen LogP contribution in [0.1, 0.15) is 13.3 Å². The summed E-state index contributed by atoms with van der Waals surface area (Å²) in [5, 5.41) is 14.6. The van der Waals surface area contributed by atoms with Crippen molar-refractivity contribution in [3.8, 4) is 5.75 Å². The maximum Gasteiger partial charge on any atom is 0.315 e. The van der Waals surface area contributed by atoms with Crippen LogP contribution in [0.15, 0.2) is 36.4 Å². The van der Waals surface area contributed by atoms with E-state index in [0.29, 0.717) is 18.7 Å². The second-order valence-corrected chi connectivity index (χ2v) is 5.41. The number of ether oxygens (including phenoxy) is 1. The summed E-state index contributed by atoms with van der Waals surface area (Å²) >= 11 is 0. The molecule has 0 saturated heterocycles. The fourth-order valence-corrected chi connectivity index (χ4v) is 2.29. The molecule has 120 valence electrons. The fraction of sp³-hybridized carbons (Fsp3) is 0.438. The molecule has 0 spiro atoms. The van der Waals surface area contributed by atoms with Crippen LogP contribution in [0.2, 0.25) is 0 Å². The van der Waals surface area contributed by atoms with Gasteiger partial charge in [0.25, 0.3) is 0 Å². The number of carbonyl (C=O) groups is 1. The van der Waals surface area contributed by atoms with Crippen LogP contribution >= 0.6 is 0 Å². The monoisotopic (exact) mass is 308 g/mol. The number of halogens is 1. The van der Waals surface area contributed by atoms with Crippen LogP contribution in [0.4, 0.5) is 9.18 Å². The second-order valence-electron chi connectivity index (χ2n) is 5.41. The first-order valence-corrected chi connectivity index (χ1v) is 7.32. The molecular weight excluding hydrogens is 287 g/mol. The minimum atomic E-state index is -0.359. The Morgan fingerprint density at radius 3 is 3.00 bits per heavy atom. The van der Waals surface area contributed by atoms with Gasteiger partial charge in [0.05, 0.1) is 6.54 Å². The van der Waals surface area contributed by atoms with Crippen molar-refractivity contribution in [2.75, 3.05) is 13.2 Å². The van der Waals surface area contributed by atoms with Gasteiger partial charge in [-0.15, -0.1) is 0 Å². The highest BCUT2D eigenvalue weighted by Crippen LogP contribution is 2.16. The highest BCUT2D eigenvalue weighted by molar-refractivity contribution is 5.74. The zero-order chi connectivity index (χ0) is 15.9. The average molecular weight is 308 g/mol. The zero-order valence-corrected chi connectivity index (χ0v) is 12.5. The third-order valence-corrected chi connectivity index (χ3v) is 3.41. The number of carbonyl (C=O) groups excluding carboxylic acids is 1. The Labute approximate surface area is 129 Å². The maximum atomic E-state index is 13.0. The van der Waals surface area contributed by atoms with Crippen LogP contribution < -0.4 is 15.4 Å². The van der Waals surface area contributed by atoms with Crippen LogP contribution in [-0.2, 0) is 0 Å². The third-order valence-electron chi connectivity index (χ3n) is 3.41. The van der Waals surface area contributed by atoms with Gasteiger partial charge in [-0.25, -0.2) is 9.18 Å². The summed E-state index contributed by atoms with van der Waals surface area (Å²) in [7, 11) is 0. The van der Waals surface area contributed by atoms with Crippen LogP contribution in [0.3, 0.4) is 0 Å². The number of rotatable bonds is 6. The van der Waals surface area contributed by atoms with E-state index in [1.807, 2.05) is 12.2 Å². The lowest BCUT2D eigenvalue weighted by Gasteiger charge is -2.17. The number of benzene rings is 1. The maximum absolute atomic E-state index is 13.0. The van der Waals surface area contributed by atoms with Crippen molar-refractivity contribution in [2.45, 2.75) is 25.5 Å². The summed E-state index contributed by atoms with van der Waals surface area (Å²) < 4.78 is 18.6. The first-order valence-electron chi connectivity index (χ1n) is 7.32. The van der Waals surface area contributed by atoms with Crippen LogP contribution in [0, 0.1) is 11.7 Å².